The second-order valence-corrected chi connectivity index (χ2v) is 7.50. The normalized spacial score (nSPS) is 17.0. The highest BCUT2D eigenvalue weighted by molar-refractivity contribution is 14.0. The number of aromatic nitrogens is 2. The standard InChI is InChI=1S/C21H31N5O.HI/c1-16(2)14-25-12-10-23-20(25)13-24-21(22-3)26-11-9-18(15-26)17-5-7-19(27-4)8-6-17;/h5-8,10,12,16,18H,9,11,13-15H2,1-4H3,(H,22,24);1H. The molecule has 0 spiro atoms. The van der Waals surface area contributed by atoms with Crippen LogP contribution in [0, 0.1) is 5.92 Å². The summed E-state index contributed by atoms with van der Waals surface area (Å²) in [6.07, 6.45) is 5.06. The lowest BCUT2D eigenvalue weighted by Gasteiger charge is -2.22. The number of nitrogens with zero attached hydrogens (tertiary/aromatic N) is 4. The zero-order valence-corrected chi connectivity index (χ0v) is 19.6. The maximum atomic E-state index is 5.26. The summed E-state index contributed by atoms with van der Waals surface area (Å²) in [5.74, 6) is 4.03. The van der Waals surface area contributed by atoms with E-state index in [9.17, 15) is 0 Å². The fourth-order valence-corrected chi connectivity index (χ4v) is 3.66. The molecule has 0 saturated carbocycles. The van der Waals surface area contributed by atoms with Crippen molar-refractivity contribution in [2.24, 2.45) is 10.9 Å². The Kier molecular flexibility index (Phi) is 8.59. The first-order valence-corrected chi connectivity index (χ1v) is 9.70. The van der Waals surface area contributed by atoms with Crippen LogP contribution in [0.4, 0.5) is 0 Å². The highest BCUT2D eigenvalue weighted by Crippen LogP contribution is 2.28. The van der Waals surface area contributed by atoms with Gasteiger partial charge in [0.2, 0.25) is 0 Å². The number of methoxy groups -OCH3 is 1. The number of hydrogen-bond donors (Lipinski definition) is 1. The number of likely N-dealkylation sites (tertiary alicyclic amines) is 1. The maximum absolute atomic E-state index is 5.26. The van der Waals surface area contributed by atoms with Crippen LogP contribution >= 0.6 is 24.0 Å². The summed E-state index contributed by atoms with van der Waals surface area (Å²) < 4.78 is 7.48. The van der Waals surface area contributed by atoms with Crippen LogP contribution in [-0.2, 0) is 13.1 Å². The maximum Gasteiger partial charge on any atom is 0.194 e. The Labute approximate surface area is 185 Å². The van der Waals surface area contributed by atoms with Gasteiger partial charge in [-0.25, -0.2) is 4.98 Å². The molecule has 28 heavy (non-hydrogen) atoms. The summed E-state index contributed by atoms with van der Waals surface area (Å²) in [4.78, 5) is 11.3. The first-order valence-electron chi connectivity index (χ1n) is 9.70. The van der Waals surface area contributed by atoms with Crippen molar-refractivity contribution in [2.75, 3.05) is 27.2 Å². The zero-order valence-electron chi connectivity index (χ0n) is 17.3. The lowest BCUT2D eigenvalue weighted by atomic mass is 9.98. The van der Waals surface area contributed by atoms with Crippen LogP contribution in [0.3, 0.4) is 0 Å². The average Bonchev–Trinajstić information content (AvgIpc) is 3.32. The molecule has 1 aromatic heterocycles. The van der Waals surface area contributed by atoms with Gasteiger partial charge < -0.3 is 19.5 Å². The predicted octanol–water partition coefficient (Wildman–Crippen LogP) is 3.73. The molecule has 0 bridgehead atoms. The summed E-state index contributed by atoms with van der Waals surface area (Å²) >= 11 is 0. The van der Waals surface area contributed by atoms with Crippen molar-refractivity contribution in [3.8, 4) is 5.75 Å². The Balaban J connectivity index is 0.00000280. The molecule has 2 aromatic rings. The van der Waals surface area contributed by atoms with Crippen LogP contribution in [0.25, 0.3) is 0 Å². The van der Waals surface area contributed by atoms with Crippen LogP contribution in [0.15, 0.2) is 41.7 Å². The highest BCUT2D eigenvalue weighted by Gasteiger charge is 2.26. The SMILES string of the molecule is CN=C(NCc1nccn1CC(C)C)N1CCC(c2ccc(OC)cc2)C1.I. The van der Waals surface area contributed by atoms with E-state index in [4.69, 9.17) is 4.74 Å². The number of halogens is 1. The molecule has 1 N–H and O–H groups in total. The molecule has 1 fully saturated rings. The summed E-state index contributed by atoms with van der Waals surface area (Å²) in [5, 5.41) is 3.49. The van der Waals surface area contributed by atoms with Gasteiger partial charge in [-0.2, -0.15) is 0 Å². The van der Waals surface area contributed by atoms with Gasteiger partial charge >= 0.3 is 0 Å². The monoisotopic (exact) mass is 497 g/mol. The minimum atomic E-state index is 0. The van der Waals surface area contributed by atoms with Crippen LogP contribution in [0.2, 0.25) is 0 Å². The Morgan fingerprint density at radius 1 is 1.32 bits per heavy atom. The van der Waals surface area contributed by atoms with E-state index in [-0.39, 0.29) is 24.0 Å². The van der Waals surface area contributed by atoms with E-state index in [1.165, 1.54) is 5.56 Å². The van der Waals surface area contributed by atoms with Gasteiger partial charge in [0.05, 0.1) is 13.7 Å². The lowest BCUT2D eigenvalue weighted by Crippen LogP contribution is -2.40. The molecule has 0 amide bonds. The highest BCUT2D eigenvalue weighted by atomic mass is 127. The molecule has 1 aliphatic heterocycles. The largest absolute Gasteiger partial charge is 0.497 e. The van der Waals surface area contributed by atoms with E-state index in [0.717, 1.165) is 43.6 Å². The van der Waals surface area contributed by atoms with Crippen molar-refractivity contribution in [1.82, 2.24) is 19.8 Å². The number of benzene rings is 1. The summed E-state index contributed by atoms with van der Waals surface area (Å²) in [6.45, 7) is 8.11. The minimum Gasteiger partial charge on any atom is -0.497 e. The molecule has 1 unspecified atom stereocenters. The number of imidazole rings is 1. The summed E-state index contributed by atoms with van der Waals surface area (Å²) in [7, 11) is 3.55. The second kappa shape index (κ2) is 10.7. The van der Waals surface area contributed by atoms with Crippen molar-refractivity contribution in [3.63, 3.8) is 0 Å². The number of hydrogen-bond acceptors (Lipinski definition) is 3. The van der Waals surface area contributed by atoms with Gasteiger partial charge in [-0.1, -0.05) is 26.0 Å². The fraction of sp³-hybridized carbons (Fsp3) is 0.524. The molecule has 1 aromatic carbocycles. The van der Waals surface area contributed by atoms with E-state index >= 15 is 0 Å². The quantitative estimate of drug-likeness (QED) is 0.376. The van der Waals surface area contributed by atoms with Gasteiger partial charge in [0, 0.05) is 45.0 Å². The number of rotatable bonds is 6. The second-order valence-electron chi connectivity index (χ2n) is 7.50. The number of guanidine groups is 1. The fourth-order valence-electron chi connectivity index (χ4n) is 3.66. The third-order valence-electron chi connectivity index (χ3n) is 5.05. The molecular weight excluding hydrogens is 465 g/mol. The Morgan fingerprint density at radius 2 is 2.07 bits per heavy atom. The van der Waals surface area contributed by atoms with Gasteiger partial charge in [0.1, 0.15) is 11.6 Å². The number of nitrogens with one attached hydrogen (secondary N) is 1. The zero-order chi connectivity index (χ0) is 19.2. The van der Waals surface area contributed by atoms with E-state index in [1.807, 2.05) is 25.4 Å². The lowest BCUT2D eigenvalue weighted by molar-refractivity contribution is 0.414. The Bertz CT molecular complexity index is 756. The van der Waals surface area contributed by atoms with Gasteiger partial charge in [-0.3, -0.25) is 4.99 Å². The van der Waals surface area contributed by atoms with E-state index < -0.39 is 0 Å². The number of ether oxygens (including phenoxy) is 1. The Hall–Kier alpha value is -1.77. The molecule has 0 radical (unpaired) electrons. The minimum absolute atomic E-state index is 0. The van der Waals surface area contributed by atoms with Crippen molar-refractivity contribution < 1.29 is 4.74 Å². The van der Waals surface area contributed by atoms with Gasteiger partial charge in [-0.05, 0) is 30.0 Å². The summed E-state index contributed by atoms with van der Waals surface area (Å²) in [6, 6.07) is 8.43. The molecule has 6 nitrogen and oxygen atoms in total. The average molecular weight is 497 g/mol. The van der Waals surface area contributed by atoms with Crippen molar-refractivity contribution in [1.29, 1.82) is 0 Å². The molecule has 1 aliphatic rings. The molecule has 2 heterocycles. The van der Waals surface area contributed by atoms with Crippen LogP contribution < -0.4 is 10.1 Å². The van der Waals surface area contributed by atoms with Crippen molar-refractivity contribution >= 4 is 29.9 Å². The van der Waals surface area contributed by atoms with Gasteiger partial charge in [0.15, 0.2) is 5.96 Å². The first-order chi connectivity index (χ1) is 13.1. The molecule has 7 heteroatoms. The van der Waals surface area contributed by atoms with Crippen molar-refractivity contribution in [2.45, 2.75) is 39.3 Å². The summed E-state index contributed by atoms with van der Waals surface area (Å²) in [5.41, 5.74) is 1.36. The van der Waals surface area contributed by atoms with Crippen LogP contribution in [-0.4, -0.2) is 47.7 Å². The topological polar surface area (TPSA) is 54.7 Å². The first kappa shape index (κ1) is 22.5. The molecule has 1 atom stereocenters. The van der Waals surface area contributed by atoms with E-state index in [0.29, 0.717) is 18.4 Å². The molecule has 1 saturated heterocycles. The molecule has 154 valence electrons. The van der Waals surface area contributed by atoms with Crippen LogP contribution in [0.5, 0.6) is 5.75 Å². The van der Waals surface area contributed by atoms with Gasteiger partial charge in [0.25, 0.3) is 0 Å². The predicted molar refractivity (Wildman–Crippen MR) is 125 cm³/mol. The van der Waals surface area contributed by atoms with Crippen LogP contribution in [0.1, 0.15) is 37.6 Å². The molecule has 0 aliphatic carbocycles. The molecule has 3 rings (SSSR count). The third-order valence-corrected chi connectivity index (χ3v) is 5.05. The smallest absolute Gasteiger partial charge is 0.194 e. The van der Waals surface area contributed by atoms with E-state index in [1.54, 1.807) is 7.11 Å². The van der Waals surface area contributed by atoms with E-state index in [2.05, 4.69) is 56.9 Å². The third kappa shape index (κ3) is 5.62. The number of aliphatic imine (C=N–C) groups is 1. The van der Waals surface area contributed by atoms with Crippen molar-refractivity contribution in [3.05, 3.63) is 48.0 Å². The Morgan fingerprint density at radius 3 is 2.71 bits per heavy atom. The van der Waals surface area contributed by atoms with Gasteiger partial charge in [-0.15, -0.1) is 24.0 Å². The molecular formula is C21H32IN5O.